The number of aromatic nitrogens is 2. The Kier molecular flexibility index (Phi) is 3.47. The summed E-state index contributed by atoms with van der Waals surface area (Å²) in [7, 11) is 0. The summed E-state index contributed by atoms with van der Waals surface area (Å²) >= 11 is 1.62. The highest BCUT2D eigenvalue weighted by atomic mass is 32.1. The van der Waals surface area contributed by atoms with Crippen LogP contribution < -0.4 is 5.56 Å². The van der Waals surface area contributed by atoms with Gasteiger partial charge in [-0.1, -0.05) is 29.9 Å². The number of H-pyrrole nitrogens is 1. The van der Waals surface area contributed by atoms with Crippen molar-refractivity contribution in [2.75, 3.05) is 13.1 Å². The Morgan fingerprint density at radius 1 is 1.27 bits per heavy atom. The van der Waals surface area contributed by atoms with Crippen LogP contribution in [0.3, 0.4) is 0 Å². The van der Waals surface area contributed by atoms with Gasteiger partial charge in [0.2, 0.25) is 0 Å². The van der Waals surface area contributed by atoms with Crippen molar-refractivity contribution in [3.05, 3.63) is 39.1 Å². The Morgan fingerprint density at radius 2 is 2.09 bits per heavy atom. The third-order valence-corrected chi connectivity index (χ3v) is 5.42. The number of thiazole rings is 1. The molecule has 0 atom stereocenters. The maximum atomic E-state index is 12.3. The molecule has 0 radical (unpaired) electrons. The monoisotopic (exact) mass is 313 g/mol. The van der Waals surface area contributed by atoms with Crippen molar-refractivity contribution >= 4 is 32.5 Å². The number of aromatic amines is 1. The largest absolute Gasteiger partial charge is 0.312 e. The van der Waals surface area contributed by atoms with Crippen molar-refractivity contribution in [3.63, 3.8) is 0 Å². The molecule has 0 spiro atoms. The Labute approximate surface area is 132 Å². The Morgan fingerprint density at radius 3 is 2.91 bits per heavy atom. The third kappa shape index (κ3) is 2.34. The molecule has 1 fully saturated rings. The number of nitrogens with zero attached hydrogens (tertiary/aromatic N) is 2. The summed E-state index contributed by atoms with van der Waals surface area (Å²) in [6, 6.07) is 5.86. The Hall–Kier alpha value is -1.72. The van der Waals surface area contributed by atoms with Crippen LogP contribution in [0.5, 0.6) is 0 Å². The van der Waals surface area contributed by atoms with Crippen LogP contribution in [-0.4, -0.2) is 28.0 Å². The molecule has 0 amide bonds. The van der Waals surface area contributed by atoms with Gasteiger partial charge in [0.05, 0.1) is 6.54 Å². The van der Waals surface area contributed by atoms with Crippen LogP contribution >= 0.6 is 11.3 Å². The van der Waals surface area contributed by atoms with Gasteiger partial charge >= 0.3 is 0 Å². The predicted octanol–water partition coefficient (Wildman–Crippen LogP) is 3.43. The fourth-order valence-corrected chi connectivity index (χ4v) is 4.34. The van der Waals surface area contributed by atoms with E-state index in [4.69, 9.17) is 4.98 Å². The molecule has 0 unspecified atom stereocenters. The molecule has 22 heavy (non-hydrogen) atoms. The number of hydrogen-bond donors (Lipinski definition) is 1. The molecule has 4 nitrogen and oxygen atoms in total. The Balaban J connectivity index is 1.83. The average molecular weight is 313 g/mol. The molecule has 5 heteroatoms. The molecule has 4 rings (SSSR count). The van der Waals surface area contributed by atoms with Crippen molar-refractivity contribution < 1.29 is 0 Å². The number of aryl methyl sites for hydroxylation is 1. The average Bonchev–Trinajstić information content (AvgIpc) is 2.90. The molecule has 3 heterocycles. The van der Waals surface area contributed by atoms with E-state index in [9.17, 15) is 4.79 Å². The van der Waals surface area contributed by atoms with E-state index >= 15 is 0 Å². The normalized spacial score (nSPS) is 16.6. The molecule has 1 N–H and O–H groups in total. The quantitative estimate of drug-likeness (QED) is 0.788. The van der Waals surface area contributed by atoms with Gasteiger partial charge in [-0.15, -0.1) is 0 Å². The minimum absolute atomic E-state index is 0.0145. The minimum Gasteiger partial charge on any atom is -0.312 e. The number of nitrogens with one attached hydrogen (secondary N) is 1. The van der Waals surface area contributed by atoms with E-state index in [-0.39, 0.29) is 5.56 Å². The zero-order valence-electron chi connectivity index (χ0n) is 12.7. The van der Waals surface area contributed by atoms with Crippen LogP contribution in [0.15, 0.2) is 23.0 Å². The topological polar surface area (TPSA) is 49.0 Å². The summed E-state index contributed by atoms with van der Waals surface area (Å²) in [5, 5.41) is 2.84. The van der Waals surface area contributed by atoms with E-state index in [0.717, 1.165) is 51.3 Å². The first-order valence-corrected chi connectivity index (χ1v) is 8.67. The van der Waals surface area contributed by atoms with Crippen molar-refractivity contribution in [2.24, 2.45) is 0 Å². The molecule has 1 aromatic carbocycles. The second-order valence-electron chi connectivity index (χ2n) is 6.07. The maximum absolute atomic E-state index is 12.3. The smallest absolute Gasteiger partial charge is 0.257 e. The van der Waals surface area contributed by atoms with Crippen LogP contribution in [0.2, 0.25) is 0 Å². The number of hydrogen-bond acceptors (Lipinski definition) is 4. The van der Waals surface area contributed by atoms with Gasteiger partial charge in [0.25, 0.3) is 5.56 Å². The van der Waals surface area contributed by atoms with Crippen molar-refractivity contribution in [1.82, 2.24) is 14.9 Å². The molecule has 0 aliphatic carbocycles. The molecule has 0 saturated carbocycles. The maximum Gasteiger partial charge on any atom is 0.257 e. The number of rotatable bonds is 2. The van der Waals surface area contributed by atoms with E-state index in [1.807, 2.05) is 25.1 Å². The summed E-state index contributed by atoms with van der Waals surface area (Å²) in [6.07, 6.45) is 3.90. The summed E-state index contributed by atoms with van der Waals surface area (Å²) in [6.45, 7) is 5.26. The van der Waals surface area contributed by atoms with Gasteiger partial charge in [-0.25, -0.2) is 4.98 Å². The Bertz CT molecular complexity index is 890. The predicted molar refractivity (Wildman–Crippen MR) is 91.6 cm³/mol. The van der Waals surface area contributed by atoms with Gasteiger partial charge < -0.3 is 4.98 Å². The molecular weight excluding hydrogens is 294 g/mol. The molecule has 0 bridgehead atoms. The number of fused-ring (bicyclic) bond motifs is 3. The summed E-state index contributed by atoms with van der Waals surface area (Å²) in [4.78, 5) is 23.5. The molecule has 3 aromatic rings. The third-order valence-electron chi connectivity index (χ3n) is 4.46. The lowest BCUT2D eigenvalue weighted by atomic mass is 10.1. The highest BCUT2D eigenvalue weighted by Crippen LogP contribution is 2.28. The van der Waals surface area contributed by atoms with Crippen LogP contribution in [0.25, 0.3) is 21.1 Å². The number of benzene rings is 1. The van der Waals surface area contributed by atoms with Gasteiger partial charge in [-0.2, -0.15) is 0 Å². The number of likely N-dealkylation sites (tertiary alicyclic amines) is 1. The molecule has 1 saturated heterocycles. The van der Waals surface area contributed by atoms with E-state index in [1.165, 1.54) is 19.3 Å². The van der Waals surface area contributed by atoms with E-state index in [1.54, 1.807) is 11.3 Å². The van der Waals surface area contributed by atoms with E-state index < -0.39 is 0 Å². The van der Waals surface area contributed by atoms with Gasteiger partial charge in [0.15, 0.2) is 0 Å². The molecule has 1 aliphatic heterocycles. The van der Waals surface area contributed by atoms with Gasteiger partial charge in [0.1, 0.15) is 15.4 Å². The molecule has 2 aromatic heterocycles. The number of piperidine rings is 1. The number of pyridine rings is 1. The standard InChI is InChI=1S/C17H19N3OS/c1-11-6-5-7-12-14(11)15-17(19-16(12)21)22-13(18-15)10-20-8-3-2-4-9-20/h5-7H,2-4,8-10H2,1H3,(H,19,21). The highest BCUT2D eigenvalue weighted by Gasteiger charge is 2.16. The zero-order chi connectivity index (χ0) is 15.1. The fraction of sp³-hybridized carbons (Fsp3) is 0.412. The second-order valence-corrected chi connectivity index (χ2v) is 7.16. The van der Waals surface area contributed by atoms with Crippen molar-refractivity contribution in [3.8, 4) is 0 Å². The second kappa shape index (κ2) is 5.48. The first kappa shape index (κ1) is 13.9. The summed E-state index contributed by atoms with van der Waals surface area (Å²) in [5.41, 5.74) is 2.05. The van der Waals surface area contributed by atoms with E-state index in [2.05, 4.69) is 9.88 Å². The molecule has 1 aliphatic rings. The lowest BCUT2D eigenvalue weighted by molar-refractivity contribution is 0.221. The van der Waals surface area contributed by atoms with Gasteiger partial charge in [0, 0.05) is 10.8 Å². The van der Waals surface area contributed by atoms with Gasteiger partial charge in [-0.3, -0.25) is 9.69 Å². The lowest BCUT2D eigenvalue weighted by Crippen LogP contribution is -2.28. The van der Waals surface area contributed by atoms with Crippen LogP contribution in [0.4, 0.5) is 0 Å². The van der Waals surface area contributed by atoms with Crippen LogP contribution in [-0.2, 0) is 6.54 Å². The first-order valence-electron chi connectivity index (χ1n) is 7.86. The van der Waals surface area contributed by atoms with E-state index in [0.29, 0.717) is 0 Å². The van der Waals surface area contributed by atoms with Crippen molar-refractivity contribution in [1.29, 1.82) is 0 Å². The van der Waals surface area contributed by atoms with Gasteiger partial charge in [-0.05, 0) is 44.5 Å². The fourth-order valence-electron chi connectivity index (χ4n) is 3.34. The lowest BCUT2D eigenvalue weighted by Gasteiger charge is -2.25. The van der Waals surface area contributed by atoms with Crippen molar-refractivity contribution in [2.45, 2.75) is 32.7 Å². The first-order chi connectivity index (χ1) is 10.7. The SMILES string of the molecule is Cc1cccc2c(=O)[nH]c3sc(CN4CCCCC4)nc3c12. The minimum atomic E-state index is -0.0145. The molecule has 114 valence electrons. The molecular formula is C17H19N3OS. The summed E-state index contributed by atoms with van der Waals surface area (Å²) in [5.74, 6) is 0. The van der Waals surface area contributed by atoms with Crippen LogP contribution in [0.1, 0.15) is 29.8 Å². The highest BCUT2D eigenvalue weighted by molar-refractivity contribution is 7.18. The zero-order valence-corrected chi connectivity index (χ0v) is 13.5. The van der Waals surface area contributed by atoms with Crippen LogP contribution in [0, 0.1) is 6.92 Å². The summed E-state index contributed by atoms with van der Waals surface area (Å²) < 4.78 is 0.